The summed E-state index contributed by atoms with van der Waals surface area (Å²) in [5, 5.41) is 10.8. The van der Waals surface area contributed by atoms with Gasteiger partial charge in [-0.15, -0.1) is 0 Å². The Bertz CT molecular complexity index is 1010. The third-order valence-electron chi connectivity index (χ3n) is 6.05. The number of aliphatic carboxylic acids is 1. The Labute approximate surface area is 175 Å². The molecule has 0 aliphatic heterocycles. The van der Waals surface area contributed by atoms with Gasteiger partial charge in [0.1, 0.15) is 12.4 Å². The van der Waals surface area contributed by atoms with E-state index < -0.39 is 17.6 Å². The van der Waals surface area contributed by atoms with E-state index in [1.807, 2.05) is 36.4 Å². The van der Waals surface area contributed by atoms with Crippen LogP contribution in [0.25, 0.3) is 10.9 Å². The molecule has 1 heterocycles. The van der Waals surface area contributed by atoms with Crippen molar-refractivity contribution < 1.29 is 19.0 Å². The molecule has 1 unspecified atom stereocenters. The van der Waals surface area contributed by atoms with Crippen molar-refractivity contribution in [3.05, 3.63) is 71.9 Å². The number of hydrogen-bond donors (Lipinski definition) is 1. The molecule has 30 heavy (non-hydrogen) atoms. The molecule has 1 atom stereocenters. The summed E-state index contributed by atoms with van der Waals surface area (Å²) in [6, 6.07) is 18.2. The molecule has 1 aliphatic carbocycles. The highest BCUT2D eigenvalue weighted by molar-refractivity contribution is 5.80. The number of benzene rings is 2. The highest BCUT2D eigenvalue weighted by Crippen LogP contribution is 2.42. The van der Waals surface area contributed by atoms with Crippen LogP contribution in [-0.4, -0.2) is 16.1 Å². The molecule has 4 rings (SSSR count). The van der Waals surface area contributed by atoms with Crippen molar-refractivity contribution in [3.63, 3.8) is 0 Å². The molecular formula is C25H26FNO3. The van der Waals surface area contributed by atoms with E-state index in [-0.39, 0.29) is 12.2 Å². The van der Waals surface area contributed by atoms with Gasteiger partial charge in [0, 0.05) is 16.9 Å². The van der Waals surface area contributed by atoms with Crippen LogP contribution in [-0.2, 0) is 17.1 Å². The number of hydrogen-bond acceptors (Lipinski definition) is 3. The Balaban J connectivity index is 1.48. The average molecular weight is 407 g/mol. The minimum Gasteiger partial charge on any atom is -0.487 e. The largest absolute Gasteiger partial charge is 0.487 e. The number of carbonyl (C=O) groups is 1. The number of nitrogens with zero attached hydrogens (tertiary/aromatic N) is 1. The van der Waals surface area contributed by atoms with Crippen LogP contribution in [0.3, 0.4) is 0 Å². The fourth-order valence-corrected chi connectivity index (χ4v) is 4.35. The molecule has 1 fully saturated rings. The average Bonchev–Trinajstić information content (AvgIpc) is 3.07. The number of ether oxygens (including phenoxy) is 1. The third-order valence-corrected chi connectivity index (χ3v) is 6.05. The maximum Gasteiger partial charge on any atom is 0.346 e. The van der Waals surface area contributed by atoms with Gasteiger partial charge in [0.2, 0.25) is 5.67 Å². The summed E-state index contributed by atoms with van der Waals surface area (Å²) in [6.07, 6.45) is 5.06. The zero-order valence-corrected chi connectivity index (χ0v) is 16.9. The second-order valence-corrected chi connectivity index (χ2v) is 8.01. The molecule has 5 heteroatoms. The van der Waals surface area contributed by atoms with Crippen LogP contribution in [0.4, 0.5) is 4.39 Å². The predicted octanol–water partition coefficient (Wildman–Crippen LogP) is 6.03. The molecule has 1 saturated carbocycles. The normalized spacial score (nSPS) is 17.2. The SMILES string of the molecule is O=C(O)C(F)(c1ccc(OCc2ccc3ccccc3n2)cc1)C1CCCCCC1. The third kappa shape index (κ3) is 4.16. The van der Waals surface area contributed by atoms with Gasteiger partial charge in [-0.3, -0.25) is 0 Å². The van der Waals surface area contributed by atoms with Crippen molar-refractivity contribution in [3.8, 4) is 5.75 Å². The van der Waals surface area contributed by atoms with Crippen LogP contribution in [0.2, 0.25) is 0 Å². The van der Waals surface area contributed by atoms with E-state index in [4.69, 9.17) is 4.74 Å². The van der Waals surface area contributed by atoms with Crippen molar-refractivity contribution in [1.82, 2.24) is 4.98 Å². The summed E-state index contributed by atoms with van der Waals surface area (Å²) < 4.78 is 21.6. The van der Waals surface area contributed by atoms with Gasteiger partial charge in [0.15, 0.2) is 0 Å². The minimum absolute atomic E-state index is 0.193. The molecule has 1 aromatic heterocycles. The predicted molar refractivity (Wildman–Crippen MR) is 114 cm³/mol. The standard InChI is InChI=1S/C25H26FNO3/c26-25(24(28)29,19-8-3-1-2-4-9-19)20-12-15-22(16-13-20)30-17-21-14-11-18-7-5-6-10-23(18)27-21/h5-7,10-16,19H,1-4,8-9,17H2,(H,28,29). The first-order chi connectivity index (χ1) is 14.6. The summed E-state index contributed by atoms with van der Waals surface area (Å²) in [5.74, 6) is -1.34. The fraction of sp³-hybridized carbons (Fsp3) is 0.360. The lowest BCUT2D eigenvalue weighted by molar-refractivity contribution is -0.156. The van der Waals surface area contributed by atoms with E-state index >= 15 is 4.39 Å². The van der Waals surface area contributed by atoms with Gasteiger partial charge in [-0.2, -0.15) is 0 Å². The fourth-order valence-electron chi connectivity index (χ4n) is 4.35. The van der Waals surface area contributed by atoms with E-state index in [1.54, 1.807) is 24.3 Å². The first-order valence-electron chi connectivity index (χ1n) is 10.6. The maximum atomic E-state index is 15.8. The van der Waals surface area contributed by atoms with Crippen molar-refractivity contribution >= 4 is 16.9 Å². The number of halogens is 1. The lowest BCUT2D eigenvalue weighted by atomic mass is 9.78. The van der Waals surface area contributed by atoms with Crippen molar-refractivity contribution in [1.29, 1.82) is 0 Å². The highest BCUT2D eigenvalue weighted by Gasteiger charge is 2.47. The number of carboxylic acids is 1. The maximum absolute atomic E-state index is 15.8. The topological polar surface area (TPSA) is 59.4 Å². The number of para-hydroxylation sites is 1. The second-order valence-electron chi connectivity index (χ2n) is 8.01. The Morgan fingerprint density at radius 1 is 1.00 bits per heavy atom. The first kappa shape index (κ1) is 20.3. The summed E-state index contributed by atoms with van der Waals surface area (Å²) >= 11 is 0. The van der Waals surface area contributed by atoms with Gasteiger partial charge in [-0.05, 0) is 37.1 Å². The van der Waals surface area contributed by atoms with Gasteiger partial charge >= 0.3 is 5.97 Å². The smallest absolute Gasteiger partial charge is 0.346 e. The van der Waals surface area contributed by atoms with Crippen molar-refractivity contribution in [2.45, 2.75) is 50.8 Å². The molecule has 0 amide bonds. The van der Waals surface area contributed by atoms with Gasteiger partial charge in [-0.1, -0.05) is 62.1 Å². The van der Waals surface area contributed by atoms with Gasteiger partial charge in [-0.25, -0.2) is 14.2 Å². The van der Waals surface area contributed by atoms with Crippen LogP contribution in [0.1, 0.15) is 49.8 Å². The van der Waals surface area contributed by atoms with Crippen LogP contribution in [0.5, 0.6) is 5.75 Å². The van der Waals surface area contributed by atoms with Crippen molar-refractivity contribution in [2.24, 2.45) is 5.92 Å². The molecular weight excluding hydrogens is 381 g/mol. The molecule has 156 valence electrons. The number of aromatic nitrogens is 1. The number of carboxylic acid groups (broad SMARTS) is 1. The van der Waals surface area contributed by atoms with E-state index in [9.17, 15) is 9.90 Å². The Hall–Kier alpha value is -2.95. The number of pyridine rings is 1. The van der Waals surface area contributed by atoms with E-state index in [2.05, 4.69) is 4.98 Å². The first-order valence-corrected chi connectivity index (χ1v) is 10.6. The molecule has 1 N–H and O–H groups in total. The molecule has 4 nitrogen and oxygen atoms in total. The highest BCUT2D eigenvalue weighted by atomic mass is 19.1. The summed E-state index contributed by atoms with van der Waals surface area (Å²) in [7, 11) is 0. The lowest BCUT2D eigenvalue weighted by Gasteiger charge is -2.30. The van der Waals surface area contributed by atoms with Crippen LogP contribution in [0, 0.1) is 5.92 Å². The molecule has 0 spiro atoms. The zero-order valence-electron chi connectivity index (χ0n) is 16.9. The van der Waals surface area contributed by atoms with Crippen LogP contribution in [0.15, 0.2) is 60.7 Å². The molecule has 2 aromatic carbocycles. The summed E-state index contributed by atoms with van der Waals surface area (Å²) in [5.41, 5.74) is -0.469. The van der Waals surface area contributed by atoms with Crippen molar-refractivity contribution in [2.75, 3.05) is 0 Å². The van der Waals surface area contributed by atoms with Crippen LogP contribution >= 0.6 is 0 Å². The minimum atomic E-state index is -2.36. The number of fused-ring (bicyclic) bond motifs is 1. The summed E-state index contributed by atoms with van der Waals surface area (Å²) in [6.45, 7) is 0.284. The Morgan fingerprint density at radius 2 is 1.70 bits per heavy atom. The number of rotatable bonds is 6. The lowest BCUT2D eigenvalue weighted by Crippen LogP contribution is -2.38. The van der Waals surface area contributed by atoms with Gasteiger partial charge in [0.25, 0.3) is 0 Å². The zero-order chi connectivity index (χ0) is 21.0. The van der Waals surface area contributed by atoms with Gasteiger partial charge < -0.3 is 9.84 Å². The van der Waals surface area contributed by atoms with E-state index in [0.717, 1.165) is 42.3 Å². The quantitative estimate of drug-likeness (QED) is 0.507. The monoisotopic (exact) mass is 407 g/mol. The van der Waals surface area contributed by atoms with E-state index in [0.29, 0.717) is 18.6 Å². The molecule has 0 saturated heterocycles. The van der Waals surface area contributed by atoms with Gasteiger partial charge in [0.05, 0.1) is 11.2 Å². The van der Waals surface area contributed by atoms with Crippen LogP contribution < -0.4 is 4.74 Å². The van der Waals surface area contributed by atoms with E-state index in [1.165, 1.54) is 0 Å². The molecule has 0 bridgehead atoms. The summed E-state index contributed by atoms with van der Waals surface area (Å²) in [4.78, 5) is 16.5. The second kappa shape index (κ2) is 8.82. The molecule has 0 radical (unpaired) electrons. The Morgan fingerprint density at radius 3 is 2.40 bits per heavy atom. The molecule has 1 aliphatic rings. The number of alkyl halides is 1. The molecule has 3 aromatic rings. The Kier molecular flexibility index (Phi) is 5.98.